The Morgan fingerprint density at radius 3 is 2.43 bits per heavy atom. The molecule has 0 atom stereocenters. The molecular formula is C17H18FNO2. The first kappa shape index (κ1) is 15.2. The first-order chi connectivity index (χ1) is 10.1. The molecule has 0 spiro atoms. The summed E-state index contributed by atoms with van der Waals surface area (Å²) in [5.41, 5.74) is 2.09. The molecule has 0 N–H and O–H groups in total. The second-order valence-electron chi connectivity index (χ2n) is 4.88. The molecule has 4 heteroatoms. The van der Waals surface area contributed by atoms with Crippen molar-refractivity contribution in [3.63, 3.8) is 0 Å². The topological polar surface area (TPSA) is 29.5 Å². The summed E-state index contributed by atoms with van der Waals surface area (Å²) in [7, 11) is 3.29. The van der Waals surface area contributed by atoms with Crippen molar-refractivity contribution >= 4 is 5.91 Å². The zero-order valence-electron chi connectivity index (χ0n) is 12.2. The van der Waals surface area contributed by atoms with E-state index in [9.17, 15) is 9.18 Å². The molecule has 0 aliphatic carbocycles. The third-order valence-electron chi connectivity index (χ3n) is 3.22. The van der Waals surface area contributed by atoms with E-state index < -0.39 is 0 Å². The van der Waals surface area contributed by atoms with Crippen LogP contribution in [0.1, 0.15) is 21.5 Å². The van der Waals surface area contributed by atoms with Crippen molar-refractivity contribution in [2.24, 2.45) is 0 Å². The lowest BCUT2D eigenvalue weighted by molar-refractivity contribution is 0.0784. The van der Waals surface area contributed by atoms with Crippen LogP contribution in [0.2, 0.25) is 0 Å². The monoisotopic (exact) mass is 287 g/mol. The molecule has 0 saturated carbocycles. The number of ether oxygens (including phenoxy) is 1. The molecule has 0 saturated heterocycles. The summed E-state index contributed by atoms with van der Waals surface area (Å²) >= 11 is 0. The van der Waals surface area contributed by atoms with Gasteiger partial charge in [-0.25, -0.2) is 4.39 Å². The highest BCUT2D eigenvalue weighted by Crippen LogP contribution is 2.12. The predicted octanol–water partition coefficient (Wildman–Crippen LogP) is 3.24. The number of rotatable bonds is 5. The second kappa shape index (κ2) is 6.99. The van der Waals surface area contributed by atoms with Gasteiger partial charge in [0.05, 0.1) is 6.61 Å². The summed E-state index contributed by atoms with van der Waals surface area (Å²) in [6.45, 7) is 0.755. The van der Waals surface area contributed by atoms with Crippen LogP contribution in [0.4, 0.5) is 4.39 Å². The van der Waals surface area contributed by atoms with E-state index in [4.69, 9.17) is 4.74 Å². The van der Waals surface area contributed by atoms with Gasteiger partial charge >= 0.3 is 0 Å². The Bertz CT molecular complexity index is 610. The van der Waals surface area contributed by atoms with Crippen LogP contribution in [0.15, 0.2) is 48.5 Å². The molecule has 0 bridgehead atoms. The zero-order chi connectivity index (χ0) is 15.2. The molecule has 2 rings (SSSR count). The van der Waals surface area contributed by atoms with Crippen LogP contribution in [0.3, 0.4) is 0 Å². The van der Waals surface area contributed by atoms with Gasteiger partial charge in [-0.15, -0.1) is 0 Å². The molecule has 0 aromatic heterocycles. The van der Waals surface area contributed by atoms with Crippen molar-refractivity contribution in [1.82, 2.24) is 4.90 Å². The van der Waals surface area contributed by atoms with Crippen LogP contribution in [0, 0.1) is 5.82 Å². The van der Waals surface area contributed by atoms with Gasteiger partial charge in [-0.1, -0.05) is 30.3 Å². The molecule has 0 heterocycles. The number of benzene rings is 2. The molecule has 2 aromatic rings. The molecule has 3 nitrogen and oxygen atoms in total. The van der Waals surface area contributed by atoms with E-state index in [-0.39, 0.29) is 18.3 Å². The Labute approximate surface area is 124 Å². The summed E-state index contributed by atoms with van der Waals surface area (Å²) in [6.07, 6.45) is 0. The Balaban J connectivity index is 2.07. The number of carbonyl (C=O) groups is 1. The van der Waals surface area contributed by atoms with Crippen molar-refractivity contribution in [3.8, 4) is 0 Å². The Hall–Kier alpha value is -2.20. The first-order valence-electron chi connectivity index (χ1n) is 6.68. The standard InChI is InChI=1S/C17H18FNO2/c1-19(11-15-5-3-4-6-16(15)18)17(20)14-9-7-13(8-10-14)12-21-2/h3-10H,11-12H2,1-2H3. The van der Waals surface area contributed by atoms with Crippen molar-refractivity contribution in [2.45, 2.75) is 13.2 Å². The number of halogens is 1. The maximum absolute atomic E-state index is 13.6. The Kier molecular flexibility index (Phi) is 5.06. The molecule has 0 fully saturated rings. The fraction of sp³-hybridized carbons (Fsp3) is 0.235. The van der Waals surface area contributed by atoms with Crippen LogP contribution < -0.4 is 0 Å². The molecule has 0 aliphatic heterocycles. The van der Waals surface area contributed by atoms with Gasteiger partial charge in [-0.3, -0.25) is 4.79 Å². The number of nitrogens with zero attached hydrogens (tertiary/aromatic N) is 1. The number of hydrogen-bond donors (Lipinski definition) is 0. The number of amides is 1. The van der Waals surface area contributed by atoms with Gasteiger partial charge in [-0.2, -0.15) is 0 Å². The summed E-state index contributed by atoms with van der Waals surface area (Å²) in [5, 5.41) is 0. The highest BCUT2D eigenvalue weighted by Gasteiger charge is 2.13. The van der Waals surface area contributed by atoms with Gasteiger partial charge in [0.15, 0.2) is 0 Å². The van der Waals surface area contributed by atoms with E-state index in [1.807, 2.05) is 12.1 Å². The smallest absolute Gasteiger partial charge is 0.253 e. The normalized spacial score (nSPS) is 10.4. The largest absolute Gasteiger partial charge is 0.380 e. The predicted molar refractivity (Wildman–Crippen MR) is 79.4 cm³/mol. The highest BCUT2D eigenvalue weighted by atomic mass is 19.1. The third kappa shape index (κ3) is 3.89. The maximum atomic E-state index is 13.6. The molecule has 2 aromatic carbocycles. The van der Waals surface area contributed by atoms with E-state index in [0.29, 0.717) is 17.7 Å². The highest BCUT2D eigenvalue weighted by molar-refractivity contribution is 5.94. The second-order valence-corrected chi connectivity index (χ2v) is 4.88. The summed E-state index contributed by atoms with van der Waals surface area (Å²) in [4.78, 5) is 13.8. The third-order valence-corrected chi connectivity index (χ3v) is 3.22. The van der Waals surface area contributed by atoms with Crippen LogP contribution in [-0.4, -0.2) is 25.0 Å². The van der Waals surface area contributed by atoms with E-state index >= 15 is 0 Å². The maximum Gasteiger partial charge on any atom is 0.253 e. The Morgan fingerprint density at radius 2 is 1.81 bits per heavy atom. The number of carbonyl (C=O) groups excluding carboxylic acids is 1. The number of methoxy groups -OCH3 is 1. The van der Waals surface area contributed by atoms with E-state index in [2.05, 4.69) is 0 Å². The SMILES string of the molecule is COCc1ccc(C(=O)N(C)Cc2ccccc2F)cc1. The quantitative estimate of drug-likeness (QED) is 0.845. The van der Waals surface area contributed by atoms with E-state index in [1.54, 1.807) is 44.5 Å². The zero-order valence-corrected chi connectivity index (χ0v) is 12.2. The molecule has 21 heavy (non-hydrogen) atoms. The van der Waals surface area contributed by atoms with Crippen LogP contribution in [0.25, 0.3) is 0 Å². The fourth-order valence-electron chi connectivity index (χ4n) is 2.08. The molecule has 0 radical (unpaired) electrons. The minimum absolute atomic E-state index is 0.137. The van der Waals surface area contributed by atoms with Gasteiger partial charge in [-0.05, 0) is 23.8 Å². The van der Waals surface area contributed by atoms with Crippen LogP contribution >= 0.6 is 0 Å². The van der Waals surface area contributed by atoms with Gasteiger partial charge in [0.2, 0.25) is 0 Å². The lowest BCUT2D eigenvalue weighted by Gasteiger charge is -2.18. The average molecular weight is 287 g/mol. The summed E-state index contributed by atoms with van der Waals surface area (Å²) in [6, 6.07) is 13.7. The summed E-state index contributed by atoms with van der Waals surface area (Å²) in [5.74, 6) is -0.435. The van der Waals surface area contributed by atoms with Crippen LogP contribution in [0.5, 0.6) is 0 Å². The van der Waals surface area contributed by atoms with Crippen LogP contribution in [-0.2, 0) is 17.9 Å². The molecule has 0 unspecified atom stereocenters. The van der Waals surface area contributed by atoms with Crippen molar-refractivity contribution < 1.29 is 13.9 Å². The lowest BCUT2D eigenvalue weighted by atomic mass is 10.1. The van der Waals surface area contributed by atoms with Gasteiger partial charge in [0, 0.05) is 31.8 Å². The van der Waals surface area contributed by atoms with Gasteiger partial charge in [0.25, 0.3) is 5.91 Å². The summed E-state index contributed by atoms with van der Waals surface area (Å²) < 4.78 is 18.6. The van der Waals surface area contributed by atoms with E-state index in [0.717, 1.165) is 5.56 Å². The van der Waals surface area contributed by atoms with E-state index in [1.165, 1.54) is 11.0 Å². The first-order valence-corrected chi connectivity index (χ1v) is 6.68. The van der Waals surface area contributed by atoms with Gasteiger partial charge in [0.1, 0.15) is 5.82 Å². The fourth-order valence-corrected chi connectivity index (χ4v) is 2.08. The molecule has 0 aliphatic rings. The van der Waals surface area contributed by atoms with Gasteiger partial charge < -0.3 is 9.64 Å². The molecule has 110 valence electrons. The minimum Gasteiger partial charge on any atom is -0.380 e. The lowest BCUT2D eigenvalue weighted by Crippen LogP contribution is -2.26. The molecule has 1 amide bonds. The average Bonchev–Trinajstić information content (AvgIpc) is 2.50. The minimum atomic E-state index is -0.299. The van der Waals surface area contributed by atoms with Crippen molar-refractivity contribution in [1.29, 1.82) is 0 Å². The number of hydrogen-bond acceptors (Lipinski definition) is 2. The van der Waals surface area contributed by atoms with Crippen molar-refractivity contribution in [2.75, 3.05) is 14.2 Å². The molecular weight excluding hydrogens is 269 g/mol. The Morgan fingerprint density at radius 1 is 1.14 bits per heavy atom. The van der Waals surface area contributed by atoms with Crippen molar-refractivity contribution in [3.05, 3.63) is 71.0 Å².